The van der Waals surface area contributed by atoms with E-state index in [0.717, 1.165) is 21.3 Å². The van der Waals surface area contributed by atoms with Gasteiger partial charge < -0.3 is 19.3 Å². The SMILES string of the molecule is COC(=O)C[C@@H](C(=O)OC)N1CCN=C(C(=O)O)[C@H]1C(=O)OC. The van der Waals surface area contributed by atoms with Crippen molar-refractivity contribution >= 4 is 29.6 Å². The summed E-state index contributed by atoms with van der Waals surface area (Å²) in [6, 6.07) is -2.61. The summed E-state index contributed by atoms with van der Waals surface area (Å²) in [7, 11) is 3.35. The first-order chi connectivity index (χ1) is 10.9. The van der Waals surface area contributed by atoms with Gasteiger partial charge in [-0.1, -0.05) is 0 Å². The van der Waals surface area contributed by atoms with Gasteiger partial charge in [0.05, 0.1) is 34.3 Å². The number of aliphatic carboxylic acids is 1. The number of ether oxygens (including phenoxy) is 3. The zero-order valence-electron chi connectivity index (χ0n) is 13.0. The lowest BCUT2D eigenvalue weighted by Gasteiger charge is -2.36. The molecule has 1 aliphatic heterocycles. The second-order valence-corrected chi connectivity index (χ2v) is 4.55. The minimum Gasteiger partial charge on any atom is -0.477 e. The first-order valence-electron chi connectivity index (χ1n) is 6.63. The van der Waals surface area contributed by atoms with Crippen LogP contribution >= 0.6 is 0 Å². The summed E-state index contributed by atoms with van der Waals surface area (Å²) in [5, 5.41) is 9.20. The third-order valence-corrected chi connectivity index (χ3v) is 3.34. The first kappa shape index (κ1) is 18.6. The van der Waals surface area contributed by atoms with Gasteiger partial charge in [-0.05, 0) is 0 Å². The highest BCUT2D eigenvalue weighted by Gasteiger charge is 2.44. The third-order valence-electron chi connectivity index (χ3n) is 3.34. The number of esters is 3. The molecule has 1 aliphatic rings. The minimum atomic E-state index is -1.42. The van der Waals surface area contributed by atoms with Gasteiger partial charge in [-0.25, -0.2) is 9.59 Å². The number of rotatable bonds is 6. The number of hydrogen-bond donors (Lipinski definition) is 1. The Kier molecular flexibility index (Phi) is 6.64. The molecule has 1 heterocycles. The average Bonchev–Trinajstić information content (AvgIpc) is 2.57. The number of carbonyl (C=O) groups is 4. The smallest absolute Gasteiger partial charge is 0.352 e. The maximum Gasteiger partial charge on any atom is 0.352 e. The monoisotopic (exact) mass is 330 g/mol. The highest BCUT2D eigenvalue weighted by molar-refractivity contribution is 6.41. The standard InChI is InChI=1S/C13H18N2O8/c1-21-8(16)6-7(12(19)22-2)15-5-4-14-9(11(17)18)10(15)13(20)23-3/h7,10H,4-6H2,1-3H3,(H,17,18)/t7-,10-/m0/s1. The Bertz CT molecular complexity index is 530. The van der Waals surface area contributed by atoms with E-state index in [2.05, 4.69) is 19.2 Å². The number of carboxylic acid groups (broad SMARTS) is 1. The third kappa shape index (κ3) is 4.25. The van der Waals surface area contributed by atoms with Gasteiger partial charge in [0.1, 0.15) is 11.8 Å². The molecule has 10 nitrogen and oxygen atoms in total. The van der Waals surface area contributed by atoms with Crippen molar-refractivity contribution in [2.45, 2.75) is 18.5 Å². The van der Waals surface area contributed by atoms with E-state index in [9.17, 15) is 24.3 Å². The lowest BCUT2D eigenvalue weighted by Crippen LogP contribution is -2.59. The van der Waals surface area contributed by atoms with Crippen LogP contribution in [0.2, 0.25) is 0 Å². The van der Waals surface area contributed by atoms with Gasteiger partial charge in [-0.2, -0.15) is 0 Å². The minimum absolute atomic E-state index is 0.0454. The molecule has 0 aromatic carbocycles. The van der Waals surface area contributed by atoms with Gasteiger partial charge in [0.15, 0.2) is 6.04 Å². The van der Waals surface area contributed by atoms with Gasteiger partial charge in [0, 0.05) is 6.54 Å². The molecule has 0 saturated carbocycles. The van der Waals surface area contributed by atoms with E-state index in [1.165, 1.54) is 4.90 Å². The summed E-state index contributed by atoms with van der Waals surface area (Å²) >= 11 is 0. The van der Waals surface area contributed by atoms with E-state index in [1.807, 2.05) is 0 Å². The zero-order valence-corrected chi connectivity index (χ0v) is 13.0. The van der Waals surface area contributed by atoms with Gasteiger partial charge in [-0.3, -0.25) is 19.5 Å². The van der Waals surface area contributed by atoms with Crippen LogP contribution in [0.5, 0.6) is 0 Å². The predicted octanol–water partition coefficient (Wildman–Crippen LogP) is -1.53. The molecule has 0 fully saturated rings. The summed E-state index contributed by atoms with van der Waals surface area (Å²) in [5.41, 5.74) is -0.457. The van der Waals surface area contributed by atoms with Crippen LogP contribution in [-0.4, -0.2) is 86.1 Å². The quantitative estimate of drug-likeness (QED) is 0.455. The number of methoxy groups -OCH3 is 3. The Balaban J connectivity index is 3.23. The number of aliphatic imine (C=N–C) groups is 1. The van der Waals surface area contributed by atoms with E-state index in [4.69, 9.17) is 0 Å². The van der Waals surface area contributed by atoms with E-state index >= 15 is 0 Å². The van der Waals surface area contributed by atoms with Crippen LogP contribution in [0.1, 0.15) is 6.42 Å². The van der Waals surface area contributed by atoms with Crippen molar-refractivity contribution in [3.05, 3.63) is 0 Å². The molecule has 0 unspecified atom stereocenters. The molecule has 23 heavy (non-hydrogen) atoms. The van der Waals surface area contributed by atoms with Crippen LogP contribution in [-0.2, 0) is 33.4 Å². The van der Waals surface area contributed by atoms with E-state index in [1.54, 1.807) is 0 Å². The summed E-state index contributed by atoms with van der Waals surface area (Å²) < 4.78 is 13.8. The zero-order chi connectivity index (χ0) is 17.6. The fraction of sp³-hybridized carbons (Fsp3) is 0.615. The average molecular weight is 330 g/mol. The van der Waals surface area contributed by atoms with Crippen LogP contribution < -0.4 is 0 Å². The largest absolute Gasteiger partial charge is 0.477 e. The Morgan fingerprint density at radius 2 is 1.87 bits per heavy atom. The molecule has 0 aromatic rings. The predicted molar refractivity (Wildman–Crippen MR) is 74.9 cm³/mol. The molecule has 0 amide bonds. The van der Waals surface area contributed by atoms with Crippen molar-refractivity contribution in [1.29, 1.82) is 0 Å². The molecule has 1 N–H and O–H groups in total. The topological polar surface area (TPSA) is 132 Å². The van der Waals surface area contributed by atoms with Crippen LogP contribution in [0.3, 0.4) is 0 Å². The lowest BCUT2D eigenvalue weighted by molar-refractivity contribution is -0.158. The van der Waals surface area contributed by atoms with E-state index in [0.29, 0.717) is 0 Å². The molecule has 1 rings (SSSR count). The molecule has 0 aromatic heterocycles. The van der Waals surface area contributed by atoms with E-state index < -0.39 is 48.1 Å². The molecular weight excluding hydrogens is 312 g/mol. The molecule has 0 bridgehead atoms. The molecule has 10 heteroatoms. The molecule has 0 aliphatic carbocycles. The fourth-order valence-corrected chi connectivity index (χ4v) is 2.25. The van der Waals surface area contributed by atoms with Crippen LogP contribution in [0, 0.1) is 0 Å². The van der Waals surface area contributed by atoms with Gasteiger partial charge in [0.25, 0.3) is 0 Å². The molecule has 128 valence electrons. The van der Waals surface area contributed by atoms with Gasteiger partial charge >= 0.3 is 23.9 Å². The normalized spacial score (nSPS) is 19.3. The summed E-state index contributed by atoms with van der Waals surface area (Å²) in [6.07, 6.45) is -0.399. The molecule has 0 spiro atoms. The fourth-order valence-electron chi connectivity index (χ4n) is 2.25. The van der Waals surface area contributed by atoms with Crippen LogP contribution in [0.15, 0.2) is 4.99 Å². The molecule has 0 radical (unpaired) electrons. The molecular formula is C13H18N2O8. The Morgan fingerprint density at radius 1 is 1.22 bits per heavy atom. The summed E-state index contributed by atoms with van der Waals surface area (Å²) in [4.78, 5) is 51.8. The van der Waals surface area contributed by atoms with Crippen molar-refractivity contribution in [2.75, 3.05) is 34.4 Å². The Labute approximate surface area is 132 Å². The molecule has 2 atom stereocenters. The van der Waals surface area contributed by atoms with Crippen molar-refractivity contribution in [3.63, 3.8) is 0 Å². The maximum atomic E-state index is 12.0. The van der Waals surface area contributed by atoms with Gasteiger partial charge in [-0.15, -0.1) is 0 Å². The van der Waals surface area contributed by atoms with Crippen LogP contribution in [0.4, 0.5) is 0 Å². The number of carboxylic acids is 1. The Morgan fingerprint density at radius 3 is 2.35 bits per heavy atom. The highest BCUT2D eigenvalue weighted by atomic mass is 16.5. The second kappa shape index (κ2) is 8.22. The summed E-state index contributed by atoms with van der Waals surface area (Å²) in [5.74, 6) is -3.81. The van der Waals surface area contributed by atoms with Crippen LogP contribution in [0.25, 0.3) is 0 Å². The Hall–Kier alpha value is -2.49. The lowest BCUT2D eigenvalue weighted by atomic mass is 10.0. The molecule has 0 saturated heterocycles. The highest BCUT2D eigenvalue weighted by Crippen LogP contribution is 2.18. The van der Waals surface area contributed by atoms with Crippen molar-refractivity contribution < 1.29 is 38.5 Å². The summed E-state index contributed by atoms with van der Waals surface area (Å²) in [6.45, 7) is 0.122. The number of carbonyl (C=O) groups excluding carboxylic acids is 3. The first-order valence-corrected chi connectivity index (χ1v) is 6.63. The number of hydrogen-bond acceptors (Lipinski definition) is 9. The second-order valence-electron chi connectivity index (χ2n) is 4.55. The number of nitrogens with zero attached hydrogens (tertiary/aromatic N) is 2. The van der Waals surface area contributed by atoms with E-state index in [-0.39, 0.29) is 13.1 Å². The van der Waals surface area contributed by atoms with Crippen molar-refractivity contribution in [3.8, 4) is 0 Å². The van der Waals surface area contributed by atoms with Crippen molar-refractivity contribution in [2.24, 2.45) is 4.99 Å². The maximum absolute atomic E-state index is 12.0. The van der Waals surface area contributed by atoms with Gasteiger partial charge in [0.2, 0.25) is 0 Å². The van der Waals surface area contributed by atoms with Crippen molar-refractivity contribution in [1.82, 2.24) is 4.90 Å².